The van der Waals surface area contributed by atoms with Gasteiger partial charge in [0.15, 0.2) is 0 Å². The number of benzene rings is 1. The van der Waals surface area contributed by atoms with Gasteiger partial charge >= 0.3 is 0 Å². The fraction of sp³-hybridized carbons (Fsp3) is 0.375. The second kappa shape index (κ2) is 8.00. The van der Waals surface area contributed by atoms with E-state index in [1.54, 1.807) is 13.2 Å². The van der Waals surface area contributed by atoms with Crippen molar-refractivity contribution in [3.63, 3.8) is 0 Å². The quantitative estimate of drug-likeness (QED) is 0.570. The molecule has 1 aromatic carbocycles. The summed E-state index contributed by atoms with van der Waals surface area (Å²) in [6, 6.07) is 7.46. The topological polar surface area (TPSA) is 55.8 Å². The van der Waals surface area contributed by atoms with Crippen molar-refractivity contribution < 1.29 is 19.1 Å². The Bertz CT molecular complexity index is 585. The molecular formula is C16H19NO4S. The van der Waals surface area contributed by atoms with Gasteiger partial charge in [0.1, 0.15) is 5.75 Å². The van der Waals surface area contributed by atoms with Crippen LogP contribution in [-0.2, 0) is 9.53 Å². The van der Waals surface area contributed by atoms with E-state index in [4.69, 9.17) is 9.47 Å². The third kappa shape index (κ3) is 3.90. The van der Waals surface area contributed by atoms with Gasteiger partial charge in [-0.3, -0.25) is 14.5 Å². The van der Waals surface area contributed by atoms with Crippen molar-refractivity contribution >= 4 is 29.0 Å². The van der Waals surface area contributed by atoms with Gasteiger partial charge in [0.2, 0.25) is 0 Å². The number of nitrogens with zero attached hydrogens (tertiary/aromatic N) is 1. The SMILES string of the molecule is CCOc1ccccc1/C=C1/SC(=O)N(CCCOC)C1=O. The van der Waals surface area contributed by atoms with Gasteiger partial charge in [0.05, 0.1) is 11.5 Å². The lowest BCUT2D eigenvalue weighted by Gasteiger charge is -2.11. The van der Waals surface area contributed by atoms with E-state index in [1.807, 2.05) is 31.2 Å². The molecular weight excluding hydrogens is 302 g/mol. The largest absolute Gasteiger partial charge is 0.493 e. The molecule has 0 unspecified atom stereocenters. The molecule has 5 nitrogen and oxygen atoms in total. The van der Waals surface area contributed by atoms with Crippen LogP contribution in [0, 0.1) is 0 Å². The molecule has 0 atom stereocenters. The molecule has 0 bridgehead atoms. The number of hydrogen-bond donors (Lipinski definition) is 0. The third-order valence-corrected chi connectivity index (χ3v) is 4.02. The smallest absolute Gasteiger partial charge is 0.293 e. The zero-order valence-corrected chi connectivity index (χ0v) is 13.5. The first-order chi connectivity index (χ1) is 10.7. The minimum Gasteiger partial charge on any atom is -0.493 e. The van der Waals surface area contributed by atoms with Gasteiger partial charge < -0.3 is 9.47 Å². The summed E-state index contributed by atoms with van der Waals surface area (Å²) in [5, 5.41) is -0.235. The summed E-state index contributed by atoms with van der Waals surface area (Å²) in [4.78, 5) is 26.0. The Hall–Kier alpha value is -1.79. The van der Waals surface area contributed by atoms with E-state index < -0.39 is 0 Å². The average molecular weight is 321 g/mol. The Kier molecular flexibility index (Phi) is 6.03. The summed E-state index contributed by atoms with van der Waals surface area (Å²) < 4.78 is 10.5. The van der Waals surface area contributed by atoms with Gasteiger partial charge in [0, 0.05) is 25.8 Å². The molecule has 1 aliphatic heterocycles. The van der Waals surface area contributed by atoms with Gasteiger partial charge in [-0.1, -0.05) is 18.2 Å². The van der Waals surface area contributed by atoms with Crippen LogP contribution in [0.3, 0.4) is 0 Å². The van der Waals surface area contributed by atoms with E-state index in [-0.39, 0.29) is 11.1 Å². The van der Waals surface area contributed by atoms with Crippen LogP contribution in [0.1, 0.15) is 18.9 Å². The van der Waals surface area contributed by atoms with E-state index in [2.05, 4.69) is 0 Å². The van der Waals surface area contributed by atoms with E-state index in [0.717, 1.165) is 17.3 Å². The van der Waals surface area contributed by atoms with Gasteiger partial charge in [-0.05, 0) is 37.2 Å². The minimum atomic E-state index is -0.252. The second-order valence-electron chi connectivity index (χ2n) is 4.65. The highest BCUT2D eigenvalue weighted by molar-refractivity contribution is 8.18. The van der Waals surface area contributed by atoms with E-state index in [0.29, 0.717) is 36.8 Å². The maximum Gasteiger partial charge on any atom is 0.293 e. The number of amides is 2. The van der Waals surface area contributed by atoms with Crippen molar-refractivity contribution in [2.45, 2.75) is 13.3 Å². The van der Waals surface area contributed by atoms with Crippen molar-refractivity contribution in [2.75, 3.05) is 26.9 Å². The highest BCUT2D eigenvalue weighted by Gasteiger charge is 2.34. The van der Waals surface area contributed by atoms with Crippen molar-refractivity contribution in [1.29, 1.82) is 0 Å². The number of thioether (sulfide) groups is 1. The Morgan fingerprint density at radius 3 is 2.77 bits per heavy atom. The number of hydrogen-bond acceptors (Lipinski definition) is 5. The van der Waals surface area contributed by atoms with Crippen LogP contribution in [0.4, 0.5) is 4.79 Å². The summed E-state index contributed by atoms with van der Waals surface area (Å²) in [6.07, 6.45) is 2.35. The molecule has 118 valence electrons. The van der Waals surface area contributed by atoms with Crippen molar-refractivity contribution in [2.24, 2.45) is 0 Å². The molecule has 0 spiro atoms. The van der Waals surface area contributed by atoms with Crippen LogP contribution in [0.25, 0.3) is 6.08 Å². The molecule has 0 N–H and O–H groups in total. The van der Waals surface area contributed by atoms with Gasteiger partial charge in [0.25, 0.3) is 11.1 Å². The van der Waals surface area contributed by atoms with Crippen molar-refractivity contribution in [3.8, 4) is 5.75 Å². The van der Waals surface area contributed by atoms with Crippen LogP contribution in [0.2, 0.25) is 0 Å². The molecule has 6 heteroatoms. The summed E-state index contributed by atoms with van der Waals surface area (Å²) in [6.45, 7) is 3.35. The summed E-state index contributed by atoms with van der Waals surface area (Å²) in [5.41, 5.74) is 0.798. The van der Waals surface area contributed by atoms with Crippen LogP contribution >= 0.6 is 11.8 Å². The molecule has 0 saturated carbocycles. The summed E-state index contributed by atoms with van der Waals surface area (Å²) in [5.74, 6) is 0.452. The fourth-order valence-electron chi connectivity index (χ4n) is 2.09. The summed E-state index contributed by atoms with van der Waals surface area (Å²) >= 11 is 0.964. The summed E-state index contributed by atoms with van der Waals surface area (Å²) in [7, 11) is 1.60. The van der Waals surface area contributed by atoms with Crippen molar-refractivity contribution in [1.82, 2.24) is 4.90 Å². The molecule has 1 fully saturated rings. The first-order valence-electron chi connectivity index (χ1n) is 7.13. The molecule has 0 aliphatic carbocycles. The zero-order valence-electron chi connectivity index (χ0n) is 12.7. The van der Waals surface area contributed by atoms with Crippen LogP contribution in [-0.4, -0.2) is 42.9 Å². The Labute approximate surface area is 134 Å². The average Bonchev–Trinajstić information content (AvgIpc) is 2.77. The normalized spacial score (nSPS) is 16.6. The Balaban J connectivity index is 2.16. The monoisotopic (exact) mass is 321 g/mol. The number of carbonyl (C=O) groups excluding carboxylic acids is 2. The van der Waals surface area contributed by atoms with Crippen LogP contribution < -0.4 is 4.74 Å². The molecule has 2 amide bonds. The van der Waals surface area contributed by atoms with E-state index >= 15 is 0 Å². The number of imide groups is 1. The van der Waals surface area contributed by atoms with Crippen LogP contribution in [0.5, 0.6) is 5.75 Å². The minimum absolute atomic E-state index is 0.235. The lowest BCUT2D eigenvalue weighted by atomic mass is 10.2. The Morgan fingerprint density at radius 1 is 1.27 bits per heavy atom. The maximum absolute atomic E-state index is 12.3. The zero-order chi connectivity index (χ0) is 15.9. The van der Waals surface area contributed by atoms with Gasteiger partial charge in [-0.15, -0.1) is 0 Å². The molecule has 2 rings (SSSR count). The highest BCUT2D eigenvalue weighted by atomic mass is 32.2. The van der Waals surface area contributed by atoms with E-state index in [9.17, 15) is 9.59 Å². The van der Waals surface area contributed by atoms with Gasteiger partial charge in [-0.2, -0.15) is 0 Å². The van der Waals surface area contributed by atoms with Crippen LogP contribution in [0.15, 0.2) is 29.2 Å². The second-order valence-corrected chi connectivity index (χ2v) is 5.64. The number of rotatable bonds is 7. The van der Waals surface area contributed by atoms with Crippen molar-refractivity contribution in [3.05, 3.63) is 34.7 Å². The third-order valence-electron chi connectivity index (χ3n) is 3.11. The molecule has 0 aromatic heterocycles. The first-order valence-corrected chi connectivity index (χ1v) is 7.95. The molecule has 22 heavy (non-hydrogen) atoms. The predicted molar refractivity (Wildman–Crippen MR) is 86.8 cm³/mol. The number of methoxy groups -OCH3 is 1. The van der Waals surface area contributed by atoms with Gasteiger partial charge in [-0.25, -0.2) is 0 Å². The molecule has 1 aliphatic rings. The lowest BCUT2D eigenvalue weighted by molar-refractivity contribution is -0.122. The van der Waals surface area contributed by atoms with E-state index in [1.165, 1.54) is 4.90 Å². The molecule has 1 heterocycles. The Morgan fingerprint density at radius 2 is 2.05 bits per heavy atom. The first kappa shape index (κ1) is 16.6. The number of para-hydroxylation sites is 1. The highest BCUT2D eigenvalue weighted by Crippen LogP contribution is 2.33. The standard InChI is InChI=1S/C16H19NO4S/c1-3-21-13-8-5-4-7-12(13)11-14-15(18)17(16(19)22-14)9-6-10-20-2/h4-5,7-8,11H,3,6,9-10H2,1-2H3/b14-11+. The number of ether oxygens (including phenoxy) is 2. The number of carbonyl (C=O) groups is 2. The predicted octanol–water partition coefficient (Wildman–Crippen LogP) is 3.16. The maximum atomic E-state index is 12.3. The molecule has 0 radical (unpaired) electrons. The fourth-order valence-corrected chi connectivity index (χ4v) is 2.94. The molecule has 1 saturated heterocycles. The molecule has 1 aromatic rings. The lowest BCUT2D eigenvalue weighted by Crippen LogP contribution is -2.29.